The van der Waals surface area contributed by atoms with Crippen LogP contribution >= 0.6 is 0 Å². The van der Waals surface area contributed by atoms with Crippen molar-refractivity contribution in [1.29, 1.82) is 0 Å². The summed E-state index contributed by atoms with van der Waals surface area (Å²) in [5, 5.41) is 10.8. The van der Waals surface area contributed by atoms with Crippen molar-refractivity contribution in [2.24, 2.45) is 0 Å². The standard InChI is InChI=1S/C66H52BN3O2/c1-38-30-55(39-16-10-8-11-17-39)69(43-18-12-9-13-19-43)56-36-58-53(33-48(38)56)67-63-46(28-29-47-50-32-51-44-20-14-15-21-59(44)71-62(51)37-57(50)70(58)64(47)63)49-35-61-52(45-27-24-41(66(5,6)7)31-60(45)72-61)34-54(49)68-42-25-22-40(23-26-42)65(2,3)4/h8-37,67-68H,1H2,2-7H3. The average Bonchev–Trinajstić information content (AvgIpc) is 4.04. The van der Waals surface area contributed by atoms with E-state index in [1.165, 1.54) is 38.3 Å². The number of hydrogen-bond acceptors (Lipinski definition) is 4. The van der Waals surface area contributed by atoms with Crippen LogP contribution in [0.4, 0.5) is 22.7 Å². The second-order valence-electron chi connectivity index (χ2n) is 22.0. The van der Waals surface area contributed by atoms with Gasteiger partial charge in [0.2, 0.25) is 0 Å². The lowest BCUT2D eigenvalue weighted by Gasteiger charge is -2.35. The van der Waals surface area contributed by atoms with Gasteiger partial charge in [0.25, 0.3) is 0 Å². The molecule has 0 aliphatic carbocycles. The summed E-state index contributed by atoms with van der Waals surface area (Å²) in [6, 6.07) is 64.1. The smallest absolute Gasteiger partial charge is 0.198 e. The number of nitrogens with zero attached hydrogens (tertiary/aromatic N) is 2. The molecule has 2 aliphatic heterocycles. The van der Waals surface area contributed by atoms with E-state index in [-0.39, 0.29) is 10.8 Å². The number of benzene rings is 9. The number of fused-ring (bicyclic) bond motifs is 12. The van der Waals surface area contributed by atoms with Crippen LogP contribution in [-0.2, 0) is 10.8 Å². The minimum absolute atomic E-state index is 0.0152. The maximum absolute atomic E-state index is 6.88. The molecule has 346 valence electrons. The minimum Gasteiger partial charge on any atom is -0.456 e. The zero-order chi connectivity index (χ0) is 48.8. The minimum atomic E-state index is -0.0152. The van der Waals surface area contributed by atoms with Crippen molar-refractivity contribution < 1.29 is 8.83 Å². The van der Waals surface area contributed by atoms with E-state index in [1.54, 1.807) is 0 Å². The molecule has 3 aromatic heterocycles. The Morgan fingerprint density at radius 1 is 0.500 bits per heavy atom. The van der Waals surface area contributed by atoms with Crippen LogP contribution in [0.25, 0.3) is 93.8 Å². The van der Waals surface area contributed by atoms with Gasteiger partial charge in [0, 0.05) is 77.8 Å². The lowest BCUT2D eigenvalue weighted by Crippen LogP contribution is -2.38. The van der Waals surface area contributed by atoms with E-state index in [4.69, 9.17) is 15.4 Å². The van der Waals surface area contributed by atoms with Crippen molar-refractivity contribution in [3.63, 3.8) is 0 Å². The second-order valence-corrected chi connectivity index (χ2v) is 22.0. The molecule has 6 heteroatoms. The molecule has 0 saturated carbocycles. The van der Waals surface area contributed by atoms with Crippen LogP contribution in [0.5, 0.6) is 0 Å². The molecule has 12 aromatic rings. The zero-order valence-electron chi connectivity index (χ0n) is 41.4. The van der Waals surface area contributed by atoms with Crippen LogP contribution in [0.1, 0.15) is 63.8 Å². The van der Waals surface area contributed by atoms with Crippen LogP contribution in [0.2, 0.25) is 0 Å². The number of furan rings is 2. The number of allylic oxidation sites excluding steroid dienone is 2. The number of aromatic nitrogens is 1. The molecule has 0 fully saturated rings. The highest BCUT2D eigenvalue weighted by Crippen LogP contribution is 2.48. The topological polar surface area (TPSA) is 46.5 Å². The Bertz CT molecular complexity index is 4290. The highest BCUT2D eigenvalue weighted by Gasteiger charge is 2.32. The predicted octanol–water partition coefficient (Wildman–Crippen LogP) is 16.5. The second kappa shape index (κ2) is 15.3. The molecule has 2 aliphatic rings. The fourth-order valence-electron chi connectivity index (χ4n) is 11.6. The maximum Gasteiger partial charge on any atom is 0.198 e. The molecule has 0 amide bonds. The van der Waals surface area contributed by atoms with Gasteiger partial charge in [-0.1, -0.05) is 163 Å². The quantitative estimate of drug-likeness (QED) is 0.175. The summed E-state index contributed by atoms with van der Waals surface area (Å²) in [7, 11) is 0.714. The molecular formula is C66H52BN3O2. The van der Waals surface area contributed by atoms with Crippen LogP contribution in [-0.4, -0.2) is 11.8 Å². The zero-order valence-corrected chi connectivity index (χ0v) is 41.4. The van der Waals surface area contributed by atoms with Gasteiger partial charge in [0.1, 0.15) is 22.3 Å². The summed E-state index contributed by atoms with van der Waals surface area (Å²) < 4.78 is 16.1. The van der Waals surface area contributed by atoms with Crippen LogP contribution < -0.4 is 21.1 Å². The Balaban J connectivity index is 1.04. The van der Waals surface area contributed by atoms with Gasteiger partial charge in [-0.15, -0.1) is 0 Å². The van der Waals surface area contributed by atoms with Crippen LogP contribution in [0.3, 0.4) is 0 Å². The van der Waals surface area contributed by atoms with Crippen molar-refractivity contribution in [2.75, 3.05) is 10.2 Å². The van der Waals surface area contributed by atoms with E-state index < -0.39 is 0 Å². The third-order valence-corrected chi connectivity index (χ3v) is 15.4. The Morgan fingerprint density at radius 2 is 1.15 bits per heavy atom. The monoisotopic (exact) mass is 929 g/mol. The number of hydrogen-bond donors (Lipinski definition) is 1. The predicted molar refractivity (Wildman–Crippen MR) is 306 cm³/mol. The van der Waals surface area contributed by atoms with E-state index in [9.17, 15) is 0 Å². The molecule has 72 heavy (non-hydrogen) atoms. The number of nitrogens with one attached hydrogen (secondary N) is 1. The van der Waals surface area contributed by atoms with Crippen molar-refractivity contribution in [1.82, 2.24) is 4.57 Å². The van der Waals surface area contributed by atoms with Crippen molar-refractivity contribution >= 4 is 118 Å². The molecule has 0 spiro atoms. The summed E-state index contributed by atoms with van der Waals surface area (Å²) in [6.45, 7) is 18.3. The van der Waals surface area contributed by atoms with E-state index >= 15 is 0 Å². The SMILES string of the molecule is C=C1C=C(c2ccccc2)N(c2ccccc2)c2cc3c(cc21)Bc1c(-c2cc4oc5cc(C(C)(C)C)ccc5c4cc2Nc2ccc(C(C)(C)C)cc2)ccc2c4cc5c(cc4n-3c12)oc1ccccc15. The Morgan fingerprint density at radius 3 is 1.93 bits per heavy atom. The van der Waals surface area contributed by atoms with Crippen LogP contribution in [0.15, 0.2) is 197 Å². The number of anilines is 4. The van der Waals surface area contributed by atoms with E-state index in [0.29, 0.717) is 7.28 Å². The van der Waals surface area contributed by atoms with Crippen LogP contribution in [0, 0.1) is 0 Å². The molecule has 0 saturated heterocycles. The van der Waals surface area contributed by atoms with Gasteiger partial charge in [-0.3, -0.25) is 0 Å². The summed E-state index contributed by atoms with van der Waals surface area (Å²) in [5.74, 6) is 0. The third kappa shape index (κ3) is 6.48. The van der Waals surface area contributed by atoms with E-state index in [1.807, 2.05) is 6.07 Å². The lowest BCUT2D eigenvalue weighted by molar-refractivity contribution is 0.587. The lowest BCUT2D eigenvalue weighted by atomic mass is 9.58. The molecule has 0 bridgehead atoms. The Hall–Kier alpha value is -8.48. The van der Waals surface area contributed by atoms with Crippen molar-refractivity contribution in [2.45, 2.75) is 52.4 Å². The summed E-state index contributed by atoms with van der Waals surface area (Å²) >= 11 is 0. The van der Waals surface area contributed by atoms with E-state index in [2.05, 4.69) is 232 Å². The maximum atomic E-state index is 6.88. The largest absolute Gasteiger partial charge is 0.456 e. The summed E-state index contributed by atoms with van der Waals surface area (Å²) in [5.41, 5.74) is 22.9. The highest BCUT2D eigenvalue weighted by molar-refractivity contribution is 6.73. The molecule has 5 nitrogen and oxygen atoms in total. The first kappa shape index (κ1) is 42.4. The third-order valence-electron chi connectivity index (χ3n) is 15.4. The molecular weight excluding hydrogens is 878 g/mol. The van der Waals surface area contributed by atoms with Gasteiger partial charge in [0.15, 0.2) is 7.28 Å². The van der Waals surface area contributed by atoms with E-state index in [0.717, 1.165) is 111 Å². The van der Waals surface area contributed by atoms with Crippen molar-refractivity contribution in [3.8, 4) is 16.8 Å². The van der Waals surface area contributed by atoms with Gasteiger partial charge in [-0.2, -0.15) is 0 Å². The van der Waals surface area contributed by atoms with Gasteiger partial charge in [-0.05, 0) is 111 Å². The molecule has 0 radical (unpaired) electrons. The van der Waals surface area contributed by atoms with Gasteiger partial charge < -0.3 is 23.6 Å². The molecule has 9 aromatic carbocycles. The first-order chi connectivity index (χ1) is 34.8. The molecule has 0 atom stereocenters. The first-order valence-electron chi connectivity index (χ1n) is 25.1. The normalized spacial score (nSPS) is 13.6. The molecule has 0 unspecified atom stereocenters. The highest BCUT2D eigenvalue weighted by atomic mass is 16.3. The fourth-order valence-corrected chi connectivity index (χ4v) is 11.6. The summed E-state index contributed by atoms with van der Waals surface area (Å²) in [6.07, 6.45) is 2.25. The average molecular weight is 930 g/mol. The van der Waals surface area contributed by atoms with Gasteiger partial charge in [0.05, 0.1) is 16.9 Å². The first-order valence-corrected chi connectivity index (χ1v) is 25.1. The molecule has 5 heterocycles. The number of rotatable bonds is 5. The Labute approximate surface area is 419 Å². The molecule has 14 rings (SSSR count). The summed E-state index contributed by atoms with van der Waals surface area (Å²) in [4.78, 5) is 2.41. The fraction of sp³-hybridized carbons (Fsp3) is 0.121. The molecule has 1 N–H and O–H groups in total. The van der Waals surface area contributed by atoms with Crippen molar-refractivity contribution in [3.05, 3.63) is 211 Å². The number of para-hydroxylation sites is 2. The van der Waals surface area contributed by atoms with Gasteiger partial charge >= 0.3 is 0 Å². The van der Waals surface area contributed by atoms with Gasteiger partial charge in [-0.25, -0.2) is 0 Å². The Kier molecular flexibility index (Phi) is 8.99.